The number of fused-ring (bicyclic) bond motifs is 5. The van der Waals surface area contributed by atoms with Crippen LogP contribution in [0.15, 0.2) is 27.4 Å². The first-order valence-corrected chi connectivity index (χ1v) is 18.8. The number of anilines is 1. The summed E-state index contributed by atoms with van der Waals surface area (Å²) in [5, 5.41) is 0.848. The second kappa shape index (κ2) is 13.5. The Morgan fingerprint density at radius 3 is 2.37 bits per heavy atom. The number of nitrogens with one attached hydrogen (secondary N) is 1. The Hall–Kier alpha value is -4.05. The second-order valence-corrected chi connectivity index (χ2v) is 15.7. The molecule has 274 valence electrons. The van der Waals surface area contributed by atoms with Crippen molar-refractivity contribution in [2.45, 2.75) is 70.6 Å². The van der Waals surface area contributed by atoms with Crippen molar-refractivity contribution in [2.24, 2.45) is 0 Å². The molecule has 3 aromatic rings. The molecule has 1 N–H and O–H groups in total. The number of halogens is 1. The molecule has 2 bridgehead atoms. The molecule has 7 rings (SSSR count). The Morgan fingerprint density at radius 1 is 1.00 bits per heavy atom. The number of methoxy groups -OCH3 is 2. The first kappa shape index (κ1) is 35.4. The van der Waals surface area contributed by atoms with Crippen LogP contribution in [0, 0.1) is 19.7 Å². The van der Waals surface area contributed by atoms with E-state index in [0.717, 1.165) is 85.2 Å². The molecule has 2 amide bonds. The summed E-state index contributed by atoms with van der Waals surface area (Å²) in [5.74, 6) is -2.93. The van der Waals surface area contributed by atoms with E-state index >= 15 is 4.39 Å². The van der Waals surface area contributed by atoms with Gasteiger partial charge in [-0.05, 0) is 82.3 Å². The third-order valence-electron chi connectivity index (χ3n) is 11.2. The Morgan fingerprint density at radius 2 is 1.71 bits per heavy atom. The number of carbonyl (C=O) groups is 2. The van der Waals surface area contributed by atoms with E-state index in [2.05, 4.69) is 27.6 Å². The van der Waals surface area contributed by atoms with Gasteiger partial charge in [0.05, 0.1) is 43.0 Å². The minimum Gasteiger partial charge on any atom is -0.496 e. The lowest BCUT2D eigenvalue weighted by Crippen LogP contribution is -2.53. The molecular formula is C36H44FN5O8S. The van der Waals surface area contributed by atoms with Gasteiger partial charge in [0.15, 0.2) is 0 Å². The average Bonchev–Trinajstić information content (AvgIpc) is 3.73. The number of ether oxygens (including phenoxy) is 2. The normalized spacial score (nSPS) is 22.4. The van der Waals surface area contributed by atoms with Crippen LogP contribution >= 0.6 is 0 Å². The average molecular weight is 726 g/mol. The molecule has 3 fully saturated rings. The number of nitrogens with zero attached hydrogens (tertiary/aromatic N) is 4. The van der Waals surface area contributed by atoms with E-state index in [0.29, 0.717) is 24.2 Å². The van der Waals surface area contributed by atoms with E-state index in [9.17, 15) is 22.8 Å². The second-order valence-electron chi connectivity index (χ2n) is 14.2. The maximum atomic E-state index is 15.6. The fourth-order valence-corrected chi connectivity index (χ4v) is 10.2. The number of rotatable bonds is 8. The van der Waals surface area contributed by atoms with E-state index in [4.69, 9.17) is 13.9 Å². The van der Waals surface area contributed by atoms with Gasteiger partial charge in [-0.15, -0.1) is 0 Å². The maximum Gasteiger partial charge on any atom is 0.341 e. The molecule has 1 atom stereocenters. The van der Waals surface area contributed by atoms with E-state index in [-0.39, 0.29) is 48.1 Å². The lowest BCUT2D eigenvalue weighted by molar-refractivity contribution is 0.0727. The molecule has 0 saturated carbocycles. The smallest absolute Gasteiger partial charge is 0.341 e. The zero-order valence-electron chi connectivity index (χ0n) is 29.6. The number of hydrogen-bond acceptors (Lipinski definition) is 10. The minimum atomic E-state index is -4.16. The summed E-state index contributed by atoms with van der Waals surface area (Å²) in [6.07, 6.45) is 3.30. The number of carbonyl (C=O) groups excluding carboxylic acids is 2. The summed E-state index contributed by atoms with van der Waals surface area (Å²) in [5.41, 5.74) is 3.23. The molecule has 1 aromatic heterocycles. The number of benzene rings is 2. The van der Waals surface area contributed by atoms with Gasteiger partial charge in [-0.25, -0.2) is 13.9 Å². The van der Waals surface area contributed by atoms with Crippen LogP contribution in [0.5, 0.6) is 5.75 Å². The van der Waals surface area contributed by atoms with Crippen LogP contribution in [0.4, 0.5) is 10.1 Å². The van der Waals surface area contributed by atoms with Gasteiger partial charge in [0.2, 0.25) is 0 Å². The van der Waals surface area contributed by atoms with Crippen LogP contribution in [-0.4, -0.2) is 107 Å². The highest BCUT2D eigenvalue weighted by atomic mass is 32.2. The van der Waals surface area contributed by atoms with E-state index in [1.807, 2.05) is 13.8 Å². The number of amides is 2. The topological polar surface area (TPSA) is 142 Å². The van der Waals surface area contributed by atoms with Crippen LogP contribution in [-0.2, 0) is 27.9 Å². The Kier molecular flexibility index (Phi) is 9.35. The third kappa shape index (κ3) is 6.17. The Labute approximate surface area is 296 Å². The highest BCUT2D eigenvalue weighted by Gasteiger charge is 2.47. The Bertz CT molecular complexity index is 2070. The molecule has 4 aliphatic rings. The molecule has 0 spiro atoms. The number of aryl methyl sites for hydroxylation is 2. The molecule has 15 heteroatoms. The molecular weight excluding hydrogens is 681 g/mol. The van der Waals surface area contributed by atoms with Crippen molar-refractivity contribution in [1.82, 2.24) is 18.8 Å². The van der Waals surface area contributed by atoms with Crippen molar-refractivity contribution in [1.29, 1.82) is 0 Å². The highest BCUT2D eigenvalue weighted by molar-refractivity contribution is 7.87. The van der Waals surface area contributed by atoms with E-state index in [1.165, 1.54) is 16.3 Å². The standard InChI is InChI=1S/C36H44FN5O8S/c1-20-14-30(40-13-12-39(3)24(17-40)19-48-4)21(2)33-32(20)25-10-11-41(18-28(25)36(45)50-33)35(44)26-16-31(49-5)27(15-29(26)37)34(43)38-51(46,47)42-22-6-7-23(42)9-8-22/h14-16,22-24H,6-13,17-19H2,1-5H3,(H,38,43)/t22?,23?,24-/m1/s1. The molecule has 5 heterocycles. The van der Waals surface area contributed by atoms with Crippen LogP contribution in [0.2, 0.25) is 0 Å². The van der Waals surface area contributed by atoms with Crippen LogP contribution in [0.25, 0.3) is 11.0 Å². The first-order chi connectivity index (χ1) is 24.3. The largest absolute Gasteiger partial charge is 0.496 e. The molecule has 4 aliphatic heterocycles. The van der Waals surface area contributed by atoms with Gasteiger partial charge in [-0.2, -0.15) is 12.7 Å². The predicted octanol–water partition coefficient (Wildman–Crippen LogP) is 3.12. The predicted molar refractivity (Wildman–Crippen MR) is 188 cm³/mol. The molecule has 51 heavy (non-hydrogen) atoms. The molecule has 3 saturated heterocycles. The summed E-state index contributed by atoms with van der Waals surface area (Å²) >= 11 is 0. The quantitative estimate of drug-likeness (QED) is 0.345. The fourth-order valence-electron chi connectivity index (χ4n) is 8.51. The maximum absolute atomic E-state index is 15.6. The number of piperazine rings is 1. The van der Waals surface area contributed by atoms with Gasteiger partial charge >= 0.3 is 15.8 Å². The summed E-state index contributed by atoms with van der Waals surface area (Å²) in [4.78, 5) is 46.4. The first-order valence-electron chi connectivity index (χ1n) is 17.4. The number of likely N-dealkylation sites (N-methyl/N-ethyl adjacent to an activating group) is 1. The SMILES string of the molecule is COC[C@H]1CN(c2cc(C)c3c4c(c(=O)oc3c2C)CN(C(=O)c2cc(OC)c(C(=O)NS(=O)(=O)N3C5CCC3CC5)cc2F)CC4)CCN1C. The van der Waals surface area contributed by atoms with Gasteiger partial charge in [-0.3, -0.25) is 14.5 Å². The van der Waals surface area contributed by atoms with Crippen molar-refractivity contribution < 1.29 is 36.3 Å². The zero-order valence-corrected chi connectivity index (χ0v) is 30.4. The summed E-state index contributed by atoms with van der Waals surface area (Å²) < 4.78 is 62.0. The van der Waals surface area contributed by atoms with Crippen molar-refractivity contribution in [2.75, 3.05) is 59.0 Å². The molecule has 0 unspecified atom stereocenters. The molecule has 0 radical (unpaired) electrons. The Balaban J connectivity index is 1.13. The van der Waals surface area contributed by atoms with Gasteiger partial charge in [0, 0.05) is 62.0 Å². The highest BCUT2D eigenvalue weighted by Crippen LogP contribution is 2.40. The van der Waals surface area contributed by atoms with Crippen molar-refractivity contribution in [3.05, 3.63) is 67.8 Å². The van der Waals surface area contributed by atoms with E-state index < -0.39 is 33.5 Å². The van der Waals surface area contributed by atoms with Crippen molar-refractivity contribution in [3.8, 4) is 5.75 Å². The van der Waals surface area contributed by atoms with E-state index in [1.54, 1.807) is 7.11 Å². The third-order valence-corrected chi connectivity index (χ3v) is 12.8. The summed E-state index contributed by atoms with van der Waals surface area (Å²) in [6, 6.07) is 3.96. The lowest BCUT2D eigenvalue weighted by atomic mass is 9.92. The van der Waals surface area contributed by atoms with Crippen molar-refractivity contribution >= 4 is 38.7 Å². The van der Waals surface area contributed by atoms with Crippen molar-refractivity contribution in [3.63, 3.8) is 0 Å². The van der Waals surface area contributed by atoms with Gasteiger partial charge in [-0.1, -0.05) is 0 Å². The molecule has 2 aromatic carbocycles. The fraction of sp³-hybridized carbons (Fsp3) is 0.528. The van der Waals surface area contributed by atoms with Gasteiger partial charge in [0.25, 0.3) is 11.8 Å². The van der Waals surface area contributed by atoms with Gasteiger partial charge in [0.1, 0.15) is 17.1 Å². The number of hydrogen-bond donors (Lipinski definition) is 1. The molecule has 0 aliphatic carbocycles. The van der Waals surface area contributed by atoms with Crippen LogP contribution in [0.3, 0.4) is 0 Å². The van der Waals surface area contributed by atoms with Crippen LogP contribution in [0.1, 0.15) is 68.7 Å². The minimum absolute atomic E-state index is 0.0930. The molecule has 13 nitrogen and oxygen atoms in total. The van der Waals surface area contributed by atoms with Gasteiger partial charge < -0.3 is 23.7 Å². The lowest BCUT2D eigenvalue weighted by Gasteiger charge is -2.41. The summed E-state index contributed by atoms with van der Waals surface area (Å²) in [6.45, 7) is 7.13. The monoisotopic (exact) mass is 725 g/mol. The summed E-state index contributed by atoms with van der Waals surface area (Å²) in [7, 11) is 0.875. The van der Waals surface area contributed by atoms with Crippen LogP contribution < -0.4 is 20.0 Å². The zero-order chi connectivity index (χ0) is 36.4.